The molecular formula is C25H23N3O3S2. The maximum Gasteiger partial charge on any atom is 0.263 e. The fraction of sp³-hybridized carbons (Fsp3) is 0.240. The van der Waals surface area contributed by atoms with Crippen LogP contribution in [0, 0.1) is 0 Å². The van der Waals surface area contributed by atoms with Crippen molar-refractivity contribution in [2.24, 2.45) is 0 Å². The zero-order valence-electron chi connectivity index (χ0n) is 18.0. The summed E-state index contributed by atoms with van der Waals surface area (Å²) in [4.78, 5) is 31.5. The lowest BCUT2D eigenvalue weighted by Crippen LogP contribution is -2.32. The van der Waals surface area contributed by atoms with Gasteiger partial charge in [-0.25, -0.2) is 4.98 Å². The van der Waals surface area contributed by atoms with E-state index < -0.39 is 0 Å². The molecule has 0 spiro atoms. The first-order valence-electron chi connectivity index (χ1n) is 10.8. The molecule has 168 valence electrons. The van der Waals surface area contributed by atoms with E-state index in [0.29, 0.717) is 27.7 Å². The number of thiophene rings is 1. The van der Waals surface area contributed by atoms with E-state index in [-0.39, 0.29) is 23.3 Å². The van der Waals surface area contributed by atoms with Crippen LogP contribution in [-0.4, -0.2) is 21.2 Å². The Morgan fingerprint density at radius 2 is 2.21 bits per heavy atom. The van der Waals surface area contributed by atoms with Crippen molar-refractivity contribution in [3.05, 3.63) is 82.2 Å². The Hall–Kier alpha value is -3.10. The molecule has 1 aliphatic rings. The van der Waals surface area contributed by atoms with Gasteiger partial charge in [-0.1, -0.05) is 42.1 Å². The van der Waals surface area contributed by atoms with Crippen LogP contribution < -0.4 is 10.9 Å². The molecule has 6 nitrogen and oxygen atoms in total. The minimum Gasteiger partial charge on any atom is -0.464 e. The number of hydrogen-bond acceptors (Lipinski definition) is 6. The average molecular weight is 478 g/mol. The molecule has 33 heavy (non-hydrogen) atoms. The Bertz CT molecular complexity index is 1370. The van der Waals surface area contributed by atoms with Crippen molar-refractivity contribution in [2.45, 2.75) is 37.0 Å². The van der Waals surface area contributed by atoms with Gasteiger partial charge in [0.25, 0.3) is 5.56 Å². The van der Waals surface area contributed by atoms with E-state index in [2.05, 4.69) is 24.0 Å². The van der Waals surface area contributed by atoms with Crippen LogP contribution in [-0.2, 0) is 17.8 Å². The second-order valence-corrected chi connectivity index (χ2v) is 9.71. The Morgan fingerprint density at radius 3 is 3.03 bits per heavy atom. The first kappa shape index (κ1) is 21.7. The lowest BCUT2D eigenvalue weighted by atomic mass is 9.88. The number of hydrogen-bond donors (Lipinski definition) is 1. The fourth-order valence-electron chi connectivity index (χ4n) is 4.29. The van der Waals surface area contributed by atoms with Gasteiger partial charge in [0.1, 0.15) is 10.6 Å². The second-order valence-electron chi connectivity index (χ2n) is 7.91. The number of nitrogens with zero attached hydrogens (tertiary/aromatic N) is 2. The normalized spacial score (nSPS) is 15.3. The predicted octanol–water partition coefficient (Wildman–Crippen LogP) is 5.19. The first-order valence-corrected chi connectivity index (χ1v) is 12.7. The van der Waals surface area contributed by atoms with Crippen molar-refractivity contribution in [3.63, 3.8) is 0 Å². The molecule has 1 aliphatic carbocycles. The van der Waals surface area contributed by atoms with E-state index in [1.165, 1.54) is 34.2 Å². The number of allylic oxidation sites excluding steroid dienone is 1. The van der Waals surface area contributed by atoms with E-state index in [1.54, 1.807) is 23.0 Å². The zero-order chi connectivity index (χ0) is 22.8. The molecule has 0 saturated carbocycles. The Morgan fingerprint density at radius 1 is 1.33 bits per heavy atom. The molecule has 4 aromatic rings. The summed E-state index contributed by atoms with van der Waals surface area (Å²) in [6.45, 7) is 4.09. The minimum absolute atomic E-state index is 0.0296. The number of carbonyl (C=O) groups excluding carboxylic acids is 1. The quantitative estimate of drug-likeness (QED) is 0.225. The van der Waals surface area contributed by atoms with E-state index >= 15 is 0 Å². The molecule has 1 amide bonds. The number of fused-ring (bicyclic) bond motifs is 2. The maximum absolute atomic E-state index is 13.3. The lowest BCUT2D eigenvalue weighted by molar-refractivity contribution is -0.119. The summed E-state index contributed by atoms with van der Waals surface area (Å²) >= 11 is 2.67. The van der Waals surface area contributed by atoms with Gasteiger partial charge in [0.15, 0.2) is 5.16 Å². The molecular weight excluding hydrogens is 454 g/mol. The van der Waals surface area contributed by atoms with Gasteiger partial charge in [-0.3, -0.25) is 14.2 Å². The van der Waals surface area contributed by atoms with Gasteiger partial charge in [-0.2, -0.15) is 0 Å². The second kappa shape index (κ2) is 9.41. The van der Waals surface area contributed by atoms with Crippen LogP contribution in [0.1, 0.15) is 30.0 Å². The topological polar surface area (TPSA) is 77.1 Å². The monoisotopic (exact) mass is 477 g/mol. The molecule has 3 aromatic heterocycles. The summed E-state index contributed by atoms with van der Waals surface area (Å²) in [6, 6.07) is 11.9. The number of nitrogens with one attached hydrogen (secondary N) is 1. The molecule has 8 heteroatoms. The molecule has 0 unspecified atom stereocenters. The average Bonchev–Trinajstić information content (AvgIpc) is 3.50. The molecule has 0 radical (unpaired) electrons. The Balaban J connectivity index is 1.38. The summed E-state index contributed by atoms with van der Waals surface area (Å²) in [7, 11) is 0. The molecule has 1 atom stereocenters. The summed E-state index contributed by atoms with van der Waals surface area (Å²) < 4.78 is 7.07. The number of amides is 1. The highest BCUT2D eigenvalue weighted by atomic mass is 32.2. The first-order chi connectivity index (χ1) is 16.2. The van der Waals surface area contributed by atoms with Crippen molar-refractivity contribution in [1.82, 2.24) is 14.9 Å². The van der Waals surface area contributed by atoms with Crippen LogP contribution in [0.15, 0.2) is 75.1 Å². The van der Waals surface area contributed by atoms with Gasteiger partial charge in [0.05, 0.1) is 23.4 Å². The third kappa shape index (κ3) is 4.28. The van der Waals surface area contributed by atoms with Gasteiger partial charge in [0.2, 0.25) is 5.91 Å². The van der Waals surface area contributed by atoms with Crippen molar-refractivity contribution < 1.29 is 9.21 Å². The van der Waals surface area contributed by atoms with Crippen LogP contribution in [0.4, 0.5) is 0 Å². The summed E-state index contributed by atoms with van der Waals surface area (Å²) in [5, 5.41) is 6.10. The van der Waals surface area contributed by atoms with Crippen LogP contribution in [0.3, 0.4) is 0 Å². The molecule has 5 rings (SSSR count). The summed E-state index contributed by atoms with van der Waals surface area (Å²) in [6.07, 6.45) is 6.29. The highest BCUT2D eigenvalue weighted by Crippen LogP contribution is 2.33. The number of rotatable bonds is 7. The van der Waals surface area contributed by atoms with Gasteiger partial charge < -0.3 is 9.73 Å². The molecule has 0 saturated heterocycles. The largest absolute Gasteiger partial charge is 0.464 e. The molecule has 1 aromatic carbocycles. The SMILES string of the molecule is C=CCn1c(SCC(=O)N[C@H]2CCCc3ccccc32)nc2scc(-c3ccco3)c2c1=O. The predicted molar refractivity (Wildman–Crippen MR) is 133 cm³/mol. The van der Waals surface area contributed by atoms with Crippen molar-refractivity contribution >= 4 is 39.2 Å². The molecule has 0 aliphatic heterocycles. The van der Waals surface area contributed by atoms with Gasteiger partial charge in [-0.05, 0) is 42.5 Å². The van der Waals surface area contributed by atoms with Gasteiger partial charge in [-0.15, -0.1) is 17.9 Å². The summed E-state index contributed by atoms with van der Waals surface area (Å²) in [5.41, 5.74) is 3.09. The molecule has 1 N–H and O–H groups in total. The number of aryl methyl sites for hydroxylation is 1. The van der Waals surface area contributed by atoms with Gasteiger partial charge >= 0.3 is 0 Å². The van der Waals surface area contributed by atoms with Crippen molar-refractivity contribution in [1.29, 1.82) is 0 Å². The Labute approximate surface area is 199 Å². The van der Waals surface area contributed by atoms with Crippen LogP contribution in [0.2, 0.25) is 0 Å². The third-order valence-electron chi connectivity index (χ3n) is 5.79. The molecule has 0 bridgehead atoms. The smallest absolute Gasteiger partial charge is 0.263 e. The Kier molecular flexibility index (Phi) is 6.20. The molecule has 0 fully saturated rings. The summed E-state index contributed by atoms with van der Waals surface area (Å²) in [5.74, 6) is 0.756. The number of aromatic nitrogens is 2. The molecule has 3 heterocycles. The minimum atomic E-state index is -0.156. The number of carbonyl (C=O) groups is 1. The van der Waals surface area contributed by atoms with E-state index in [0.717, 1.165) is 24.8 Å². The maximum atomic E-state index is 13.3. The highest BCUT2D eigenvalue weighted by Gasteiger charge is 2.22. The van der Waals surface area contributed by atoms with Crippen LogP contribution in [0.25, 0.3) is 21.5 Å². The van der Waals surface area contributed by atoms with Gasteiger partial charge in [0, 0.05) is 17.5 Å². The van der Waals surface area contributed by atoms with Crippen molar-refractivity contribution in [2.75, 3.05) is 5.75 Å². The lowest BCUT2D eigenvalue weighted by Gasteiger charge is -2.26. The number of thioether (sulfide) groups is 1. The van der Waals surface area contributed by atoms with E-state index in [4.69, 9.17) is 9.40 Å². The van der Waals surface area contributed by atoms with Crippen LogP contribution in [0.5, 0.6) is 0 Å². The number of benzene rings is 1. The zero-order valence-corrected chi connectivity index (χ0v) is 19.6. The fourth-order valence-corrected chi connectivity index (χ4v) is 6.08. The van der Waals surface area contributed by atoms with E-state index in [1.807, 2.05) is 23.6 Å². The third-order valence-corrected chi connectivity index (χ3v) is 7.64. The van der Waals surface area contributed by atoms with Crippen molar-refractivity contribution in [3.8, 4) is 11.3 Å². The standard InChI is InChI=1S/C25H23N3O3S2/c1-2-12-28-24(30)22-18(20-11-6-13-31-20)14-32-23(22)27-25(28)33-15-21(29)26-19-10-5-8-16-7-3-4-9-17(16)19/h2-4,6-7,9,11,13-14,19H,1,5,8,10,12,15H2,(H,26,29)/t19-/m0/s1. The highest BCUT2D eigenvalue weighted by molar-refractivity contribution is 7.99. The van der Waals surface area contributed by atoms with Crippen LogP contribution >= 0.6 is 23.1 Å². The van der Waals surface area contributed by atoms with E-state index in [9.17, 15) is 9.59 Å². The number of furan rings is 1.